The molecule has 1 N–H and O–H groups in total. The molecule has 2 heterocycles. The molecular formula is C15H18FNO2. The van der Waals surface area contributed by atoms with Crippen LogP contribution in [0.4, 0.5) is 4.39 Å². The molecule has 0 radical (unpaired) electrons. The number of rotatable bonds is 3. The molecule has 2 unspecified atom stereocenters. The summed E-state index contributed by atoms with van der Waals surface area (Å²) in [5, 5.41) is 3.49. The number of halogens is 1. The van der Waals surface area contributed by atoms with E-state index >= 15 is 0 Å². The van der Waals surface area contributed by atoms with Crippen LogP contribution >= 0.6 is 0 Å². The molecule has 1 aromatic carbocycles. The van der Waals surface area contributed by atoms with Gasteiger partial charge in [0.2, 0.25) is 0 Å². The van der Waals surface area contributed by atoms with Crippen molar-refractivity contribution in [3.63, 3.8) is 0 Å². The number of hydrogen-bond acceptors (Lipinski definition) is 3. The highest BCUT2D eigenvalue weighted by molar-refractivity contribution is 5.98. The van der Waals surface area contributed by atoms with Crippen LogP contribution in [0, 0.1) is 11.7 Å². The summed E-state index contributed by atoms with van der Waals surface area (Å²) in [7, 11) is 1.49. The summed E-state index contributed by atoms with van der Waals surface area (Å²) in [6.07, 6.45) is 3.95. The Kier molecular flexibility index (Phi) is 3.27. The number of methoxy groups -OCH3 is 1. The van der Waals surface area contributed by atoms with Crippen molar-refractivity contribution in [2.24, 2.45) is 5.92 Å². The smallest absolute Gasteiger partial charge is 0.169 e. The minimum absolute atomic E-state index is 0.0401. The Morgan fingerprint density at radius 2 is 2.00 bits per heavy atom. The van der Waals surface area contributed by atoms with Gasteiger partial charge in [-0.3, -0.25) is 4.79 Å². The van der Waals surface area contributed by atoms with Gasteiger partial charge in [0.25, 0.3) is 0 Å². The zero-order chi connectivity index (χ0) is 13.4. The molecule has 0 aliphatic carbocycles. The van der Waals surface area contributed by atoms with Gasteiger partial charge in [0, 0.05) is 24.1 Å². The van der Waals surface area contributed by atoms with Gasteiger partial charge in [0.05, 0.1) is 12.7 Å². The fraction of sp³-hybridized carbons (Fsp3) is 0.533. The first kappa shape index (κ1) is 12.6. The van der Waals surface area contributed by atoms with Crippen LogP contribution in [0.5, 0.6) is 5.75 Å². The van der Waals surface area contributed by atoms with Crippen molar-refractivity contribution < 1.29 is 13.9 Å². The van der Waals surface area contributed by atoms with Crippen LogP contribution < -0.4 is 10.1 Å². The molecular weight excluding hydrogens is 245 g/mol. The maximum Gasteiger partial charge on any atom is 0.169 e. The van der Waals surface area contributed by atoms with Gasteiger partial charge in [0.1, 0.15) is 11.6 Å². The van der Waals surface area contributed by atoms with E-state index in [0.717, 1.165) is 25.7 Å². The van der Waals surface area contributed by atoms with E-state index in [1.165, 1.54) is 13.2 Å². The van der Waals surface area contributed by atoms with Gasteiger partial charge in [-0.15, -0.1) is 0 Å². The summed E-state index contributed by atoms with van der Waals surface area (Å²) in [6.45, 7) is 0. The number of hydrogen-bond donors (Lipinski definition) is 1. The van der Waals surface area contributed by atoms with E-state index in [2.05, 4.69) is 5.32 Å². The normalized spacial score (nSPS) is 29.3. The molecule has 19 heavy (non-hydrogen) atoms. The van der Waals surface area contributed by atoms with Crippen molar-refractivity contribution in [2.45, 2.75) is 37.8 Å². The topological polar surface area (TPSA) is 38.3 Å². The monoisotopic (exact) mass is 263 g/mol. The van der Waals surface area contributed by atoms with Crippen LogP contribution in [0.3, 0.4) is 0 Å². The maximum atomic E-state index is 13.9. The van der Waals surface area contributed by atoms with Crippen molar-refractivity contribution >= 4 is 5.78 Å². The maximum absolute atomic E-state index is 13.9. The molecule has 2 bridgehead atoms. The zero-order valence-electron chi connectivity index (χ0n) is 11.0. The van der Waals surface area contributed by atoms with Crippen LogP contribution in [0.2, 0.25) is 0 Å². The first-order chi connectivity index (χ1) is 9.17. The first-order valence-electron chi connectivity index (χ1n) is 6.81. The van der Waals surface area contributed by atoms with Crippen molar-refractivity contribution in [3.05, 3.63) is 29.6 Å². The number of piperidine rings is 1. The van der Waals surface area contributed by atoms with Gasteiger partial charge < -0.3 is 10.1 Å². The lowest BCUT2D eigenvalue weighted by molar-refractivity contribution is 0.0871. The lowest BCUT2D eigenvalue weighted by Gasteiger charge is -2.28. The second-order valence-corrected chi connectivity index (χ2v) is 5.52. The molecule has 0 amide bonds. The summed E-state index contributed by atoms with van der Waals surface area (Å²) in [5.74, 6) is -0.130. The van der Waals surface area contributed by atoms with E-state index < -0.39 is 5.82 Å². The lowest BCUT2D eigenvalue weighted by Crippen LogP contribution is -2.40. The van der Waals surface area contributed by atoms with E-state index in [1.807, 2.05) is 0 Å². The minimum atomic E-state index is -0.477. The number of ether oxygens (including phenoxy) is 1. The second-order valence-electron chi connectivity index (χ2n) is 5.52. The minimum Gasteiger partial charge on any atom is -0.497 e. The van der Waals surface area contributed by atoms with Gasteiger partial charge in [0.15, 0.2) is 5.78 Å². The number of benzene rings is 1. The number of carbonyl (C=O) groups excluding carboxylic acids is 1. The molecule has 3 nitrogen and oxygen atoms in total. The molecule has 2 aliphatic heterocycles. The fourth-order valence-corrected chi connectivity index (χ4v) is 3.31. The van der Waals surface area contributed by atoms with Crippen molar-refractivity contribution in [1.29, 1.82) is 0 Å². The average molecular weight is 263 g/mol. The Balaban J connectivity index is 1.80. The van der Waals surface area contributed by atoms with E-state index in [0.29, 0.717) is 17.8 Å². The average Bonchev–Trinajstić information content (AvgIpc) is 2.76. The highest BCUT2D eigenvalue weighted by atomic mass is 19.1. The lowest BCUT2D eigenvalue weighted by atomic mass is 9.86. The highest BCUT2D eigenvalue weighted by Crippen LogP contribution is 2.33. The SMILES string of the molecule is COc1ccc(C(=O)C2CC3CCC(C2)N3)c(F)c1. The van der Waals surface area contributed by atoms with Crippen molar-refractivity contribution in [2.75, 3.05) is 7.11 Å². The van der Waals surface area contributed by atoms with E-state index in [-0.39, 0.29) is 17.3 Å². The number of Topliss-reactive ketones (excluding diaryl/α,β-unsaturated/α-hetero) is 1. The van der Waals surface area contributed by atoms with E-state index in [4.69, 9.17) is 4.74 Å². The van der Waals surface area contributed by atoms with Gasteiger partial charge in [-0.05, 0) is 37.8 Å². The standard InChI is InChI=1S/C15H18FNO2/c1-19-12-4-5-13(14(16)8-12)15(18)9-6-10-2-3-11(7-9)17-10/h4-5,8-11,17H,2-3,6-7H2,1H3. The molecule has 0 aromatic heterocycles. The van der Waals surface area contributed by atoms with Crippen LogP contribution in [0.25, 0.3) is 0 Å². The second kappa shape index (κ2) is 4.93. The molecule has 2 fully saturated rings. The van der Waals surface area contributed by atoms with Crippen LogP contribution in [-0.4, -0.2) is 25.0 Å². The van der Waals surface area contributed by atoms with Crippen LogP contribution in [0.1, 0.15) is 36.0 Å². The van der Waals surface area contributed by atoms with Gasteiger partial charge in [-0.25, -0.2) is 4.39 Å². The predicted octanol–water partition coefficient (Wildman–Crippen LogP) is 2.55. The number of ketones is 1. The zero-order valence-corrected chi connectivity index (χ0v) is 11.0. The molecule has 3 rings (SSSR count). The van der Waals surface area contributed by atoms with E-state index in [1.54, 1.807) is 12.1 Å². The number of nitrogens with one attached hydrogen (secondary N) is 1. The van der Waals surface area contributed by atoms with Gasteiger partial charge in [-0.1, -0.05) is 0 Å². The Hall–Kier alpha value is -1.42. The molecule has 2 saturated heterocycles. The molecule has 102 valence electrons. The third-order valence-corrected chi connectivity index (χ3v) is 4.29. The summed E-state index contributed by atoms with van der Waals surface area (Å²) >= 11 is 0. The quantitative estimate of drug-likeness (QED) is 0.852. The summed E-state index contributed by atoms with van der Waals surface area (Å²) < 4.78 is 18.9. The largest absolute Gasteiger partial charge is 0.497 e. The third-order valence-electron chi connectivity index (χ3n) is 4.29. The molecule has 2 atom stereocenters. The number of fused-ring (bicyclic) bond motifs is 2. The Bertz CT molecular complexity index is 491. The van der Waals surface area contributed by atoms with Gasteiger partial charge in [-0.2, -0.15) is 0 Å². The molecule has 0 saturated carbocycles. The summed E-state index contributed by atoms with van der Waals surface area (Å²) in [4.78, 5) is 12.4. The number of carbonyl (C=O) groups is 1. The summed E-state index contributed by atoms with van der Waals surface area (Å²) in [6, 6.07) is 5.35. The van der Waals surface area contributed by atoms with Crippen molar-refractivity contribution in [3.8, 4) is 5.75 Å². The predicted molar refractivity (Wildman–Crippen MR) is 70.0 cm³/mol. The Labute approximate surface area is 112 Å². The van der Waals surface area contributed by atoms with Crippen LogP contribution in [-0.2, 0) is 0 Å². The van der Waals surface area contributed by atoms with Gasteiger partial charge >= 0.3 is 0 Å². The Morgan fingerprint density at radius 3 is 2.58 bits per heavy atom. The molecule has 4 heteroatoms. The third kappa shape index (κ3) is 2.37. The van der Waals surface area contributed by atoms with E-state index in [9.17, 15) is 9.18 Å². The highest BCUT2D eigenvalue weighted by Gasteiger charge is 2.37. The molecule has 0 spiro atoms. The first-order valence-corrected chi connectivity index (χ1v) is 6.81. The Morgan fingerprint density at radius 1 is 1.32 bits per heavy atom. The van der Waals surface area contributed by atoms with Crippen LogP contribution in [0.15, 0.2) is 18.2 Å². The van der Waals surface area contributed by atoms with Crippen molar-refractivity contribution in [1.82, 2.24) is 5.32 Å². The summed E-state index contributed by atoms with van der Waals surface area (Å²) in [5.41, 5.74) is 0.201. The fourth-order valence-electron chi connectivity index (χ4n) is 3.31. The molecule has 2 aliphatic rings. The molecule has 1 aromatic rings.